The average Bonchev–Trinajstić information content (AvgIpc) is 3.08. The summed E-state index contributed by atoms with van der Waals surface area (Å²) in [6.07, 6.45) is 0.558. The second kappa shape index (κ2) is 10.5. The molecule has 1 saturated heterocycles. The highest BCUT2D eigenvalue weighted by Gasteiger charge is 2.62. The maximum atomic E-state index is 13.0. The largest absolute Gasteiger partial charge is 0.465 e. The predicted octanol–water partition coefficient (Wildman–Crippen LogP) is 2.45. The van der Waals surface area contributed by atoms with Gasteiger partial charge in [-0.25, -0.2) is 0 Å². The van der Waals surface area contributed by atoms with E-state index in [1.54, 1.807) is 0 Å². The molecule has 0 spiro atoms. The summed E-state index contributed by atoms with van der Waals surface area (Å²) < 4.78 is 17.1. The topological polar surface area (TPSA) is 90.0 Å². The number of nitrogens with two attached hydrogens (primary N) is 1. The number of carbonyl (C=O) groups is 1. The number of nitrogens with one attached hydrogen (secondary N) is 1. The molecule has 2 aliphatic rings. The molecule has 9 heteroatoms. The molecule has 3 N–H and O–H groups in total. The first-order chi connectivity index (χ1) is 12.8. The Morgan fingerprint density at radius 2 is 2.00 bits per heavy atom. The summed E-state index contributed by atoms with van der Waals surface area (Å²) in [6.45, 7) is 12.0. The molecule has 1 aliphatic carbocycles. The van der Waals surface area contributed by atoms with Gasteiger partial charge in [0.1, 0.15) is 17.1 Å². The summed E-state index contributed by atoms with van der Waals surface area (Å²) in [7, 11) is 0. The quantitative estimate of drug-likeness (QED) is 0.661. The highest BCUT2D eigenvalue weighted by molar-refractivity contribution is 5.88. The molecule has 3 unspecified atom stereocenters. The zero-order chi connectivity index (χ0) is 19.7. The molecular weight excluding hydrogens is 417 g/mol. The summed E-state index contributed by atoms with van der Waals surface area (Å²) in [5.74, 6) is 1.61. The van der Waals surface area contributed by atoms with Gasteiger partial charge in [0.2, 0.25) is 5.91 Å². The van der Waals surface area contributed by atoms with Gasteiger partial charge < -0.3 is 24.9 Å². The van der Waals surface area contributed by atoms with E-state index < -0.39 is 11.0 Å². The minimum absolute atomic E-state index is 0. The number of nitrogens with zero attached hydrogens (tertiary/aromatic N) is 1. The number of hydrogen-bond donors (Lipinski definition) is 2. The molecule has 0 bridgehead atoms. The number of aryl methyl sites for hydroxylation is 1. The van der Waals surface area contributed by atoms with Crippen LogP contribution in [-0.4, -0.2) is 61.9 Å². The average molecular weight is 452 g/mol. The van der Waals surface area contributed by atoms with Gasteiger partial charge in [0.05, 0.1) is 25.4 Å². The summed E-state index contributed by atoms with van der Waals surface area (Å²) in [5.41, 5.74) is 5.19. The fraction of sp³-hybridized carbons (Fsp3) is 0.750. The van der Waals surface area contributed by atoms with Crippen LogP contribution in [0.25, 0.3) is 0 Å². The zero-order valence-electron chi connectivity index (χ0n) is 17.7. The lowest BCUT2D eigenvalue weighted by Crippen LogP contribution is -2.76. The Balaban J connectivity index is 0.00000210. The molecular formula is C20H35Cl2N3O4. The molecule has 0 radical (unpaired) electrons. The summed E-state index contributed by atoms with van der Waals surface area (Å²) in [5, 5.41) is 3.09. The van der Waals surface area contributed by atoms with E-state index in [9.17, 15) is 4.79 Å². The van der Waals surface area contributed by atoms with Gasteiger partial charge in [-0.2, -0.15) is 0 Å². The van der Waals surface area contributed by atoms with E-state index in [1.165, 1.54) is 0 Å². The molecule has 3 rings (SSSR count). The molecule has 7 nitrogen and oxygen atoms in total. The minimum atomic E-state index is -0.915. The number of rotatable bonds is 7. The van der Waals surface area contributed by atoms with E-state index in [2.05, 4.69) is 10.2 Å². The fourth-order valence-corrected chi connectivity index (χ4v) is 4.10. The van der Waals surface area contributed by atoms with E-state index >= 15 is 0 Å². The first kappa shape index (κ1) is 26.2. The number of ether oxygens (including phenoxy) is 2. The molecule has 2 heterocycles. The van der Waals surface area contributed by atoms with Crippen LogP contribution in [0.4, 0.5) is 0 Å². The van der Waals surface area contributed by atoms with Gasteiger partial charge in [-0.1, -0.05) is 13.8 Å². The van der Waals surface area contributed by atoms with Crippen molar-refractivity contribution in [3.63, 3.8) is 0 Å². The highest BCUT2D eigenvalue weighted by atomic mass is 35.5. The molecule has 1 saturated carbocycles. The molecule has 3 atom stereocenters. The standard InChI is InChI=1S/C20H33N3O4.2ClH/c1-5-26-17-12-20(21,19(17,3)4)18(24)22-13-15(16-7-6-14(2)27-16)23-8-10-25-11-9-23;;/h6-7,15,17H,5,8-13,21H2,1-4H3,(H,22,24);2*1H. The van der Waals surface area contributed by atoms with E-state index in [0.717, 1.165) is 24.6 Å². The van der Waals surface area contributed by atoms with Crippen molar-refractivity contribution in [2.45, 2.75) is 51.8 Å². The van der Waals surface area contributed by atoms with Crippen LogP contribution in [0.5, 0.6) is 0 Å². The Labute approximate surface area is 185 Å². The Morgan fingerprint density at radius 1 is 1.34 bits per heavy atom. The molecule has 1 amide bonds. The lowest BCUT2D eigenvalue weighted by atomic mass is 9.54. The van der Waals surface area contributed by atoms with Gasteiger partial charge in [0, 0.05) is 38.1 Å². The van der Waals surface area contributed by atoms with Crippen LogP contribution >= 0.6 is 24.8 Å². The molecule has 2 fully saturated rings. The van der Waals surface area contributed by atoms with E-state index in [1.807, 2.05) is 39.8 Å². The summed E-state index contributed by atoms with van der Waals surface area (Å²) in [4.78, 5) is 15.3. The monoisotopic (exact) mass is 451 g/mol. The normalized spacial score (nSPS) is 27.1. The predicted molar refractivity (Wildman–Crippen MR) is 117 cm³/mol. The smallest absolute Gasteiger partial charge is 0.240 e. The van der Waals surface area contributed by atoms with E-state index in [4.69, 9.17) is 19.6 Å². The number of furan rings is 1. The maximum Gasteiger partial charge on any atom is 0.240 e. The van der Waals surface area contributed by atoms with Gasteiger partial charge >= 0.3 is 0 Å². The van der Waals surface area contributed by atoms with Crippen molar-refractivity contribution >= 4 is 30.7 Å². The third kappa shape index (κ3) is 5.09. The third-order valence-corrected chi connectivity index (χ3v) is 6.27. The van der Waals surface area contributed by atoms with Gasteiger partial charge in [-0.05, 0) is 26.0 Å². The van der Waals surface area contributed by atoms with Crippen molar-refractivity contribution < 1.29 is 18.7 Å². The van der Waals surface area contributed by atoms with E-state index in [-0.39, 0.29) is 42.9 Å². The van der Waals surface area contributed by atoms with Crippen LogP contribution in [0.15, 0.2) is 16.5 Å². The van der Waals surface area contributed by atoms with Crippen molar-refractivity contribution in [3.8, 4) is 0 Å². The summed E-state index contributed by atoms with van der Waals surface area (Å²) in [6, 6.07) is 3.91. The lowest BCUT2D eigenvalue weighted by Gasteiger charge is -2.57. The van der Waals surface area contributed by atoms with Crippen molar-refractivity contribution in [1.82, 2.24) is 10.2 Å². The molecule has 1 aromatic heterocycles. The van der Waals surface area contributed by atoms with Crippen LogP contribution in [0.1, 0.15) is 44.8 Å². The number of carbonyl (C=O) groups excluding carboxylic acids is 1. The summed E-state index contributed by atoms with van der Waals surface area (Å²) >= 11 is 0. The number of morpholine rings is 1. The van der Waals surface area contributed by atoms with Gasteiger partial charge in [-0.3, -0.25) is 9.69 Å². The second-order valence-corrected chi connectivity index (χ2v) is 8.16. The van der Waals surface area contributed by atoms with Gasteiger partial charge in [-0.15, -0.1) is 24.8 Å². The number of hydrogen-bond acceptors (Lipinski definition) is 6. The maximum absolute atomic E-state index is 13.0. The molecule has 1 aromatic rings. The lowest BCUT2D eigenvalue weighted by molar-refractivity contribution is -0.170. The molecule has 0 aromatic carbocycles. The van der Waals surface area contributed by atoms with Gasteiger partial charge in [0.25, 0.3) is 0 Å². The Kier molecular flexibility index (Phi) is 9.46. The van der Waals surface area contributed by atoms with Crippen LogP contribution < -0.4 is 11.1 Å². The Bertz CT molecular complexity index is 664. The third-order valence-electron chi connectivity index (χ3n) is 6.27. The van der Waals surface area contributed by atoms with Crippen LogP contribution in [0.3, 0.4) is 0 Å². The number of halogens is 2. The minimum Gasteiger partial charge on any atom is -0.465 e. The highest BCUT2D eigenvalue weighted by Crippen LogP contribution is 2.49. The zero-order valence-corrected chi connectivity index (χ0v) is 19.4. The Hall–Kier alpha value is -0.830. The Morgan fingerprint density at radius 3 is 2.52 bits per heavy atom. The number of amides is 1. The van der Waals surface area contributed by atoms with Crippen LogP contribution in [0.2, 0.25) is 0 Å². The first-order valence-electron chi connectivity index (χ1n) is 9.86. The van der Waals surface area contributed by atoms with Crippen molar-refractivity contribution in [3.05, 3.63) is 23.7 Å². The fourth-order valence-electron chi connectivity index (χ4n) is 4.10. The van der Waals surface area contributed by atoms with Gasteiger partial charge in [0.15, 0.2) is 0 Å². The second-order valence-electron chi connectivity index (χ2n) is 8.16. The molecule has 1 aliphatic heterocycles. The molecule has 29 heavy (non-hydrogen) atoms. The van der Waals surface area contributed by atoms with Crippen LogP contribution in [-0.2, 0) is 14.3 Å². The van der Waals surface area contributed by atoms with Crippen LogP contribution in [0, 0.1) is 12.3 Å². The van der Waals surface area contributed by atoms with Crippen molar-refractivity contribution in [2.75, 3.05) is 39.5 Å². The van der Waals surface area contributed by atoms with E-state index in [0.29, 0.717) is 32.8 Å². The first-order valence-corrected chi connectivity index (χ1v) is 9.86. The SMILES string of the molecule is CCOC1CC(N)(C(=O)NCC(c2ccc(C)o2)N2CCOCC2)C1(C)C.Cl.Cl. The van der Waals surface area contributed by atoms with Crippen molar-refractivity contribution in [1.29, 1.82) is 0 Å². The molecule has 168 valence electrons. The van der Waals surface area contributed by atoms with Crippen molar-refractivity contribution in [2.24, 2.45) is 11.1 Å².